The Morgan fingerprint density at radius 2 is 1.72 bits per heavy atom. The minimum absolute atomic E-state index is 0.103. The molecule has 46 heavy (non-hydrogen) atoms. The Labute approximate surface area is 267 Å². The van der Waals surface area contributed by atoms with Crippen LogP contribution in [0.2, 0.25) is 0 Å². The standard InChI is InChI=1S/C33H33F3N2O7S/c1-19-27(18-46-25-13-11-22(12-14-25)30(41)42)44-31(45-28(19)21-9-7-20(17-39)8-10-21)23-4-2-5-24(16-23)37-29(40)26-6-3-15-38(26)32(43)33(34,35)36/h2,4-5,7-14,16,19,26-28,31,39H,3,6,15,17-18H2,1H3,(H,37,40)(H,41,42). The van der Waals surface area contributed by atoms with E-state index in [-0.39, 0.29) is 43.6 Å². The zero-order chi connectivity index (χ0) is 33.0. The fourth-order valence-corrected chi connectivity index (χ4v) is 6.68. The molecule has 244 valence electrons. The number of carbonyl (C=O) groups is 3. The Balaban J connectivity index is 1.35. The van der Waals surface area contributed by atoms with Gasteiger partial charge in [0, 0.05) is 34.4 Å². The lowest BCUT2D eigenvalue weighted by atomic mass is 9.91. The molecule has 0 spiro atoms. The molecule has 2 fully saturated rings. The highest BCUT2D eigenvalue weighted by molar-refractivity contribution is 7.99. The first-order valence-corrected chi connectivity index (χ1v) is 15.7. The SMILES string of the molecule is CC1C(CSc2ccc(C(=O)O)cc2)OC(c2cccc(NC(=O)C3CCCN3C(=O)C(F)(F)F)c2)OC1c1ccc(CO)cc1. The van der Waals surface area contributed by atoms with Gasteiger partial charge in [0.15, 0.2) is 6.29 Å². The van der Waals surface area contributed by atoms with Crippen LogP contribution < -0.4 is 5.32 Å². The third-order valence-corrected chi connectivity index (χ3v) is 9.22. The number of rotatable bonds is 9. The average molecular weight is 659 g/mol. The van der Waals surface area contributed by atoms with E-state index in [9.17, 15) is 37.8 Å². The molecule has 2 saturated heterocycles. The first-order valence-electron chi connectivity index (χ1n) is 14.7. The zero-order valence-electron chi connectivity index (χ0n) is 24.8. The third-order valence-electron chi connectivity index (χ3n) is 8.12. The van der Waals surface area contributed by atoms with Crippen molar-refractivity contribution >= 4 is 35.2 Å². The summed E-state index contributed by atoms with van der Waals surface area (Å²) in [4.78, 5) is 37.6. The summed E-state index contributed by atoms with van der Waals surface area (Å²) in [6.07, 6.45) is -6.28. The Morgan fingerprint density at radius 1 is 1.00 bits per heavy atom. The van der Waals surface area contributed by atoms with Crippen LogP contribution in [-0.2, 0) is 25.7 Å². The minimum atomic E-state index is -5.07. The number of amides is 2. The van der Waals surface area contributed by atoms with Crippen LogP contribution in [0.1, 0.15) is 59.2 Å². The number of halogens is 3. The Bertz CT molecular complexity index is 1550. The van der Waals surface area contributed by atoms with Gasteiger partial charge >= 0.3 is 18.1 Å². The van der Waals surface area contributed by atoms with Crippen LogP contribution in [0.15, 0.2) is 77.7 Å². The lowest BCUT2D eigenvalue weighted by molar-refractivity contribution is -0.268. The van der Waals surface area contributed by atoms with Gasteiger partial charge in [-0.2, -0.15) is 13.2 Å². The molecule has 0 bridgehead atoms. The molecule has 13 heteroatoms. The van der Waals surface area contributed by atoms with Gasteiger partial charge in [0.05, 0.1) is 24.4 Å². The molecular formula is C33H33F3N2O7S. The quantitative estimate of drug-likeness (QED) is 0.241. The molecule has 3 aromatic rings. The maximum atomic E-state index is 13.1. The zero-order valence-corrected chi connectivity index (χ0v) is 25.6. The van der Waals surface area contributed by atoms with Crippen molar-refractivity contribution in [3.8, 4) is 0 Å². The van der Waals surface area contributed by atoms with E-state index in [0.29, 0.717) is 21.9 Å². The van der Waals surface area contributed by atoms with Crippen molar-refractivity contribution in [2.45, 2.75) is 62.0 Å². The number of thioether (sulfide) groups is 1. The summed E-state index contributed by atoms with van der Waals surface area (Å²) in [6.45, 7) is 1.75. The van der Waals surface area contributed by atoms with Crippen molar-refractivity contribution in [1.29, 1.82) is 0 Å². The third kappa shape index (κ3) is 7.72. The second kappa shape index (κ2) is 14.2. The van der Waals surface area contributed by atoms with Crippen molar-refractivity contribution in [2.24, 2.45) is 5.92 Å². The molecule has 5 rings (SSSR count). The molecule has 9 nitrogen and oxygen atoms in total. The number of alkyl halides is 3. The Morgan fingerprint density at radius 3 is 2.37 bits per heavy atom. The van der Waals surface area contributed by atoms with Crippen LogP contribution in [0.5, 0.6) is 0 Å². The molecule has 5 unspecified atom stereocenters. The van der Waals surface area contributed by atoms with Gasteiger partial charge in [-0.15, -0.1) is 11.8 Å². The minimum Gasteiger partial charge on any atom is -0.478 e. The van der Waals surface area contributed by atoms with E-state index in [1.54, 1.807) is 36.4 Å². The first-order chi connectivity index (χ1) is 21.9. The Kier molecular flexibility index (Phi) is 10.4. The summed E-state index contributed by atoms with van der Waals surface area (Å²) in [5.74, 6) is -3.36. The van der Waals surface area contributed by atoms with Crippen LogP contribution in [0.25, 0.3) is 0 Å². The van der Waals surface area contributed by atoms with Gasteiger partial charge in [0.1, 0.15) is 6.04 Å². The largest absolute Gasteiger partial charge is 0.478 e. The average Bonchev–Trinajstić information content (AvgIpc) is 3.54. The molecule has 2 heterocycles. The van der Waals surface area contributed by atoms with E-state index in [0.717, 1.165) is 16.0 Å². The van der Waals surface area contributed by atoms with E-state index in [4.69, 9.17) is 9.47 Å². The van der Waals surface area contributed by atoms with Crippen molar-refractivity contribution in [2.75, 3.05) is 17.6 Å². The highest BCUT2D eigenvalue weighted by Gasteiger charge is 2.47. The fourth-order valence-electron chi connectivity index (χ4n) is 5.62. The van der Waals surface area contributed by atoms with Crippen molar-refractivity contribution in [3.63, 3.8) is 0 Å². The lowest BCUT2D eigenvalue weighted by Gasteiger charge is -2.41. The molecule has 0 aromatic heterocycles. The molecule has 0 aliphatic carbocycles. The van der Waals surface area contributed by atoms with Crippen LogP contribution >= 0.6 is 11.8 Å². The maximum absolute atomic E-state index is 13.1. The number of hydrogen-bond donors (Lipinski definition) is 3. The van der Waals surface area contributed by atoms with Crippen LogP contribution in [0.3, 0.4) is 0 Å². The van der Waals surface area contributed by atoms with Gasteiger partial charge in [0.25, 0.3) is 0 Å². The number of hydrogen-bond acceptors (Lipinski definition) is 7. The number of ether oxygens (including phenoxy) is 2. The molecule has 5 atom stereocenters. The van der Waals surface area contributed by atoms with Crippen molar-refractivity contribution in [3.05, 3.63) is 95.1 Å². The summed E-state index contributed by atoms with van der Waals surface area (Å²) in [5.41, 5.74) is 2.69. The number of carboxylic acids is 1. The number of nitrogens with zero attached hydrogens (tertiary/aromatic N) is 1. The van der Waals surface area contributed by atoms with Gasteiger partial charge in [-0.1, -0.05) is 43.3 Å². The number of aromatic carboxylic acids is 1. The summed E-state index contributed by atoms with van der Waals surface area (Å²) in [5, 5.41) is 21.4. The number of likely N-dealkylation sites (tertiary alicyclic amines) is 1. The summed E-state index contributed by atoms with van der Waals surface area (Å²) >= 11 is 1.51. The summed E-state index contributed by atoms with van der Waals surface area (Å²) in [6, 6.07) is 19.4. The van der Waals surface area contributed by atoms with Crippen LogP contribution in [0.4, 0.5) is 18.9 Å². The molecule has 3 N–H and O–H groups in total. The van der Waals surface area contributed by atoms with Crippen molar-refractivity contribution in [1.82, 2.24) is 4.90 Å². The summed E-state index contributed by atoms with van der Waals surface area (Å²) < 4.78 is 52.2. The topological polar surface area (TPSA) is 125 Å². The number of carboxylic acid groups (broad SMARTS) is 1. The first kappa shape index (κ1) is 33.5. The van der Waals surface area contributed by atoms with Gasteiger partial charge < -0.3 is 29.9 Å². The Hall–Kier alpha value is -3.91. The molecule has 0 radical (unpaired) electrons. The predicted molar refractivity (Wildman–Crippen MR) is 163 cm³/mol. The van der Waals surface area contributed by atoms with Crippen LogP contribution in [-0.4, -0.2) is 63.5 Å². The molecule has 2 aliphatic rings. The predicted octanol–water partition coefficient (Wildman–Crippen LogP) is 5.95. The number of carbonyl (C=O) groups excluding carboxylic acids is 2. The number of benzene rings is 3. The van der Waals surface area contributed by atoms with Gasteiger partial charge in [-0.05, 0) is 60.4 Å². The molecule has 2 amide bonds. The highest BCUT2D eigenvalue weighted by Crippen LogP contribution is 2.43. The lowest BCUT2D eigenvalue weighted by Crippen LogP contribution is -2.48. The summed E-state index contributed by atoms with van der Waals surface area (Å²) in [7, 11) is 0. The molecule has 2 aliphatic heterocycles. The van der Waals surface area contributed by atoms with E-state index in [1.165, 1.54) is 23.9 Å². The fraction of sp³-hybridized carbons (Fsp3) is 0.364. The number of aliphatic hydroxyl groups excluding tert-OH is 1. The van der Waals surface area contributed by atoms with Gasteiger partial charge in [-0.25, -0.2) is 4.79 Å². The monoisotopic (exact) mass is 658 g/mol. The van der Waals surface area contributed by atoms with Gasteiger partial charge in [-0.3, -0.25) is 9.59 Å². The maximum Gasteiger partial charge on any atom is 0.471 e. The van der Waals surface area contributed by atoms with E-state index < -0.39 is 42.4 Å². The normalized spacial score (nSPS) is 23.2. The second-order valence-electron chi connectivity index (χ2n) is 11.2. The number of anilines is 1. The van der Waals surface area contributed by atoms with E-state index >= 15 is 0 Å². The number of aliphatic hydroxyl groups is 1. The van der Waals surface area contributed by atoms with E-state index in [1.807, 2.05) is 31.2 Å². The van der Waals surface area contributed by atoms with Crippen LogP contribution in [0, 0.1) is 5.92 Å². The van der Waals surface area contributed by atoms with E-state index in [2.05, 4.69) is 5.32 Å². The van der Waals surface area contributed by atoms with Crippen molar-refractivity contribution < 1.29 is 47.2 Å². The highest BCUT2D eigenvalue weighted by atomic mass is 32.2. The molecule has 0 saturated carbocycles. The van der Waals surface area contributed by atoms with Gasteiger partial charge in [0.2, 0.25) is 5.91 Å². The second-order valence-corrected chi connectivity index (χ2v) is 12.3. The smallest absolute Gasteiger partial charge is 0.471 e. The molecular weight excluding hydrogens is 625 g/mol. The molecule has 3 aromatic carbocycles. The number of nitrogens with one attached hydrogen (secondary N) is 1.